The van der Waals surface area contributed by atoms with Crippen molar-refractivity contribution in [2.75, 3.05) is 5.75 Å². The van der Waals surface area contributed by atoms with Gasteiger partial charge in [-0.1, -0.05) is 103 Å². The van der Waals surface area contributed by atoms with Crippen molar-refractivity contribution in [1.82, 2.24) is 20.1 Å². The molecule has 0 fully saturated rings. The number of aromatic nitrogens is 3. The lowest BCUT2D eigenvalue weighted by molar-refractivity contribution is -0.119. The van der Waals surface area contributed by atoms with Crippen LogP contribution < -0.4 is 5.32 Å². The van der Waals surface area contributed by atoms with E-state index in [1.165, 1.54) is 11.8 Å². The average Bonchev–Trinajstić information content (AvgIpc) is 3.26. The predicted octanol–water partition coefficient (Wildman–Crippen LogP) is 4.96. The Labute approximate surface area is 186 Å². The van der Waals surface area contributed by atoms with Gasteiger partial charge >= 0.3 is 0 Å². The van der Waals surface area contributed by atoms with Crippen LogP contribution in [0.25, 0.3) is 11.4 Å². The maximum Gasteiger partial charge on any atom is 0.231 e. The monoisotopic (exact) mass is 428 g/mol. The van der Waals surface area contributed by atoms with Crippen molar-refractivity contribution >= 4 is 17.7 Å². The molecule has 5 nitrogen and oxygen atoms in total. The van der Waals surface area contributed by atoms with Crippen molar-refractivity contribution in [2.45, 2.75) is 24.7 Å². The maximum absolute atomic E-state index is 12.9. The largest absolute Gasteiger partial charge is 0.344 e. The van der Waals surface area contributed by atoms with Gasteiger partial charge in [0.05, 0.1) is 11.8 Å². The highest BCUT2D eigenvalue weighted by Gasteiger charge is 2.18. The van der Waals surface area contributed by atoms with Gasteiger partial charge in [0.2, 0.25) is 5.91 Å². The minimum atomic E-state index is -0.195. The van der Waals surface area contributed by atoms with Gasteiger partial charge in [-0.05, 0) is 18.1 Å². The Morgan fingerprint density at radius 3 is 1.97 bits per heavy atom. The zero-order valence-corrected chi connectivity index (χ0v) is 18.1. The van der Waals surface area contributed by atoms with Crippen molar-refractivity contribution in [3.63, 3.8) is 0 Å². The first-order chi connectivity index (χ1) is 15.3. The Hall–Kier alpha value is -3.38. The summed E-state index contributed by atoms with van der Waals surface area (Å²) in [6, 6.07) is 29.8. The number of carbonyl (C=O) groups excluding carboxylic acids is 1. The molecule has 1 N–H and O–H groups in total. The van der Waals surface area contributed by atoms with Gasteiger partial charge in [-0.2, -0.15) is 0 Å². The van der Waals surface area contributed by atoms with Gasteiger partial charge < -0.3 is 9.88 Å². The fourth-order valence-electron chi connectivity index (χ4n) is 3.46. The van der Waals surface area contributed by atoms with Crippen LogP contribution in [-0.2, 0) is 11.3 Å². The van der Waals surface area contributed by atoms with E-state index in [-0.39, 0.29) is 17.7 Å². The van der Waals surface area contributed by atoms with E-state index in [0.29, 0.717) is 0 Å². The van der Waals surface area contributed by atoms with Gasteiger partial charge in [0.1, 0.15) is 0 Å². The molecule has 6 heteroatoms. The molecular weight excluding hydrogens is 404 g/mol. The number of nitrogens with one attached hydrogen (secondary N) is 1. The summed E-state index contributed by atoms with van der Waals surface area (Å²) in [6.07, 6.45) is 0. The minimum absolute atomic E-state index is 0.0466. The van der Waals surface area contributed by atoms with E-state index in [4.69, 9.17) is 0 Å². The fourth-order valence-corrected chi connectivity index (χ4v) is 4.28. The second-order valence-corrected chi connectivity index (χ2v) is 7.97. The zero-order chi connectivity index (χ0) is 21.5. The quantitative estimate of drug-likeness (QED) is 0.403. The summed E-state index contributed by atoms with van der Waals surface area (Å²) in [6.45, 7) is 2.79. The van der Waals surface area contributed by atoms with Crippen molar-refractivity contribution in [3.05, 3.63) is 102 Å². The molecule has 0 atom stereocenters. The summed E-state index contributed by atoms with van der Waals surface area (Å²) in [5.41, 5.74) is 3.12. The van der Waals surface area contributed by atoms with Crippen LogP contribution >= 0.6 is 11.8 Å². The number of thioether (sulfide) groups is 1. The number of benzene rings is 3. The molecule has 0 aliphatic rings. The number of hydrogen-bond acceptors (Lipinski definition) is 4. The van der Waals surface area contributed by atoms with Crippen LogP contribution in [0.3, 0.4) is 0 Å². The molecule has 3 aromatic carbocycles. The van der Waals surface area contributed by atoms with Crippen LogP contribution in [0.1, 0.15) is 24.1 Å². The van der Waals surface area contributed by atoms with Crippen molar-refractivity contribution in [1.29, 1.82) is 0 Å². The van der Waals surface area contributed by atoms with E-state index >= 15 is 0 Å². The molecule has 0 aliphatic carbocycles. The fraction of sp³-hybridized carbons (Fsp3) is 0.160. The Bertz CT molecular complexity index is 1070. The highest BCUT2D eigenvalue weighted by atomic mass is 32.2. The number of hydrogen-bond donors (Lipinski definition) is 1. The van der Waals surface area contributed by atoms with E-state index in [9.17, 15) is 4.79 Å². The number of nitrogens with zero attached hydrogens (tertiary/aromatic N) is 3. The van der Waals surface area contributed by atoms with Crippen molar-refractivity contribution in [2.24, 2.45) is 0 Å². The molecule has 1 amide bonds. The molecule has 31 heavy (non-hydrogen) atoms. The second kappa shape index (κ2) is 10.1. The first-order valence-corrected chi connectivity index (χ1v) is 11.3. The first-order valence-electron chi connectivity index (χ1n) is 10.3. The third-order valence-electron chi connectivity index (χ3n) is 4.97. The van der Waals surface area contributed by atoms with Crippen LogP contribution in [0, 0.1) is 0 Å². The van der Waals surface area contributed by atoms with Crippen LogP contribution in [0.5, 0.6) is 0 Å². The summed E-state index contributed by atoms with van der Waals surface area (Å²) in [4.78, 5) is 12.9. The first kappa shape index (κ1) is 20.9. The molecule has 0 bridgehead atoms. The molecule has 0 aliphatic heterocycles. The molecule has 1 aromatic heterocycles. The molecule has 0 radical (unpaired) electrons. The van der Waals surface area contributed by atoms with E-state index in [1.54, 1.807) is 0 Å². The summed E-state index contributed by atoms with van der Waals surface area (Å²) in [7, 11) is 0. The average molecular weight is 429 g/mol. The Morgan fingerprint density at radius 2 is 1.42 bits per heavy atom. The minimum Gasteiger partial charge on any atom is -0.344 e. The van der Waals surface area contributed by atoms with Crippen molar-refractivity contribution < 1.29 is 4.79 Å². The summed E-state index contributed by atoms with van der Waals surface area (Å²) < 4.78 is 2.04. The molecule has 1 heterocycles. The molecule has 4 aromatic rings. The smallest absolute Gasteiger partial charge is 0.231 e. The summed E-state index contributed by atoms with van der Waals surface area (Å²) >= 11 is 1.40. The van der Waals surface area contributed by atoms with Crippen LogP contribution in [0.15, 0.2) is 96.2 Å². The van der Waals surface area contributed by atoms with E-state index in [1.807, 2.05) is 95.6 Å². The third-order valence-corrected chi connectivity index (χ3v) is 5.94. The lowest BCUT2D eigenvalue weighted by Crippen LogP contribution is -2.30. The van der Waals surface area contributed by atoms with E-state index in [2.05, 4.69) is 22.4 Å². The number of rotatable bonds is 8. The lowest BCUT2D eigenvalue weighted by atomic mass is 9.99. The molecule has 0 saturated carbocycles. The number of amides is 1. The third kappa shape index (κ3) is 5.03. The summed E-state index contributed by atoms with van der Waals surface area (Å²) in [5, 5.41) is 12.6. The second-order valence-electron chi connectivity index (χ2n) is 7.03. The van der Waals surface area contributed by atoms with Gasteiger partial charge in [0.25, 0.3) is 0 Å². The predicted molar refractivity (Wildman–Crippen MR) is 125 cm³/mol. The normalized spacial score (nSPS) is 10.9. The molecule has 156 valence electrons. The topological polar surface area (TPSA) is 59.8 Å². The SMILES string of the molecule is CCn1c(SCC(=O)NC(c2ccccc2)c2ccccc2)nnc1-c1ccccc1. The molecule has 0 spiro atoms. The van der Waals surface area contributed by atoms with E-state index in [0.717, 1.165) is 34.2 Å². The van der Waals surface area contributed by atoms with Crippen molar-refractivity contribution in [3.8, 4) is 11.4 Å². The number of carbonyl (C=O) groups is 1. The highest BCUT2D eigenvalue weighted by Crippen LogP contribution is 2.25. The van der Waals surface area contributed by atoms with Gasteiger partial charge in [-0.15, -0.1) is 10.2 Å². The maximum atomic E-state index is 12.9. The van der Waals surface area contributed by atoms with Gasteiger partial charge in [0, 0.05) is 12.1 Å². The van der Waals surface area contributed by atoms with Crippen LogP contribution in [0.2, 0.25) is 0 Å². The van der Waals surface area contributed by atoms with Gasteiger partial charge in [-0.3, -0.25) is 4.79 Å². The van der Waals surface area contributed by atoms with Gasteiger partial charge in [-0.25, -0.2) is 0 Å². The Balaban J connectivity index is 1.48. The molecule has 0 saturated heterocycles. The molecular formula is C25H24N4OS. The Kier molecular flexibility index (Phi) is 6.79. The zero-order valence-electron chi connectivity index (χ0n) is 17.3. The van der Waals surface area contributed by atoms with Crippen LogP contribution in [-0.4, -0.2) is 26.4 Å². The highest BCUT2D eigenvalue weighted by molar-refractivity contribution is 7.99. The standard InChI is InChI=1S/C25H24N4OS/c1-2-29-24(21-16-10-5-11-17-21)27-28-25(29)31-18-22(30)26-23(19-12-6-3-7-13-19)20-14-8-4-9-15-20/h3-17,23H,2,18H2,1H3,(H,26,30). The molecule has 4 rings (SSSR count). The Morgan fingerprint density at radius 1 is 0.871 bits per heavy atom. The lowest BCUT2D eigenvalue weighted by Gasteiger charge is -2.20. The van der Waals surface area contributed by atoms with Crippen LogP contribution in [0.4, 0.5) is 0 Å². The van der Waals surface area contributed by atoms with E-state index < -0.39 is 0 Å². The summed E-state index contributed by atoms with van der Waals surface area (Å²) in [5.74, 6) is 1.04. The molecule has 0 unspecified atom stereocenters. The van der Waals surface area contributed by atoms with Gasteiger partial charge in [0.15, 0.2) is 11.0 Å².